The molecule has 0 bridgehead atoms. The fourth-order valence-electron chi connectivity index (χ4n) is 0.708. The normalized spacial score (nSPS) is 10.9. The van der Waals surface area contributed by atoms with Crippen molar-refractivity contribution in [3.05, 3.63) is 0 Å². The van der Waals surface area contributed by atoms with E-state index in [-0.39, 0.29) is 0 Å². The van der Waals surface area contributed by atoms with Crippen LogP contribution in [0, 0.1) is 5.92 Å². The Kier molecular flexibility index (Phi) is 8.41. The fraction of sp³-hybridized carbons (Fsp3) is 1.00. The fourth-order valence-corrected chi connectivity index (χ4v) is 1.84. The summed E-state index contributed by atoms with van der Waals surface area (Å²) in [5.41, 5.74) is 0. The molecular weight excluding hydrogens is 152 g/mol. The van der Waals surface area contributed by atoms with Gasteiger partial charge >= 0.3 is 0 Å². The maximum Gasteiger partial charge on any atom is 0.229 e. The van der Waals surface area contributed by atoms with Gasteiger partial charge in [-0.2, -0.15) is 0 Å². The standard InChI is InChI=1S/C9H20OSi/c1-4-5-7-10-11-8-6-9(2)3/h9H,4-8H2,1-3H3. The third-order valence-electron chi connectivity index (χ3n) is 1.53. The number of hydrogen-bond donors (Lipinski definition) is 0. The van der Waals surface area contributed by atoms with Crippen LogP contribution in [0.1, 0.15) is 40.0 Å². The Morgan fingerprint density at radius 3 is 2.64 bits per heavy atom. The molecule has 0 fully saturated rings. The van der Waals surface area contributed by atoms with Gasteiger partial charge in [0.2, 0.25) is 9.76 Å². The van der Waals surface area contributed by atoms with Crippen molar-refractivity contribution in [1.82, 2.24) is 0 Å². The molecule has 1 nitrogen and oxygen atoms in total. The van der Waals surface area contributed by atoms with Crippen molar-refractivity contribution in [2.75, 3.05) is 6.61 Å². The smallest absolute Gasteiger partial charge is 0.229 e. The van der Waals surface area contributed by atoms with Crippen LogP contribution < -0.4 is 0 Å². The zero-order valence-corrected chi connectivity index (χ0v) is 9.02. The van der Waals surface area contributed by atoms with E-state index in [0.717, 1.165) is 22.3 Å². The molecule has 0 rings (SSSR count). The molecule has 0 heterocycles. The summed E-state index contributed by atoms with van der Waals surface area (Å²) in [6.45, 7) is 7.68. The number of rotatable bonds is 7. The lowest BCUT2D eigenvalue weighted by Crippen LogP contribution is -2.01. The average molecular weight is 172 g/mol. The summed E-state index contributed by atoms with van der Waals surface area (Å²) in [6, 6.07) is 1.25. The van der Waals surface area contributed by atoms with Crippen LogP contribution in [0.2, 0.25) is 6.04 Å². The summed E-state index contributed by atoms with van der Waals surface area (Å²) < 4.78 is 5.45. The minimum Gasteiger partial charge on any atom is -0.417 e. The topological polar surface area (TPSA) is 9.23 Å². The summed E-state index contributed by atoms with van der Waals surface area (Å²) in [7, 11) is 0.735. The zero-order chi connectivity index (χ0) is 8.53. The second-order valence-electron chi connectivity index (χ2n) is 3.28. The summed E-state index contributed by atoms with van der Waals surface area (Å²) in [5.74, 6) is 0.831. The molecule has 2 radical (unpaired) electrons. The Balaban J connectivity index is 2.80. The van der Waals surface area contributed by atoms with Crippen LogP contribution in [0.3, 0.4) is 0 Å². The van der Waals surface area contributed by atoms with Crippen molar-refractivity contribution in [1.29, 1.82) is 0 Å². The molecule has 0 saturated carbocycles. The average Bonchev–Trinajstić information content (AvgIpc) is 1.96. The molecule has 66 valence electrons. The molecule has 0 atom stereocenters. The van der Waals surface area contributed by atoms with E-state index in [2.05, 4.69) is 20.8 Å². The highest BCUT2D eigenvalue weighted by Gasteiger charge is 1.95. The van der Waals surface area contributed by atoms with E-state index in [0.29, 0.717) is 0 Å². The Hall–Kier alpha value is 0.177. The van der Waals surface area contributed by atoms with E-state index in [4.69, 9.17) is 4.43 Å². The lowest BCUT2D eigenvalue weighted by atomic mass is 10.2. The highest BCUT2D eigenvalue weighted by atomic mass is 28.2. The molecule has 0 N–H and O–H groups in total. The first-order valence-electron chi connectivity index (χ1n) is 4.62. The van der Waals surface area contributed by atoms with E-state index in [1.54, 1.807) is 0 Å². The molecule has 0 aromatic heterocycles. The monoisotopic (exact) mass is 172 g/mol. The van der Waals surface area contributed by atoms with Crippen molar-refractivity contribution < 1.29 is 4.43 Å². The van der Waals surface area contributed by atoms with E-state index < -0.39 is 0 Å². The van der Waals surface area contributed by atoms with Gasteiger partial charge in [0.25, 0.3) is 0 Å². The number of unbranched alkanes of at least 4 members (excludes halogenated alkanes) is 1. The van der Waals surface area contributed by atoms with Crippen molar-refractivity contribution in [3.8, 4) is 0 Å². The lowest BCUT2D eigenvalue weighted by molar-refractivity contribution is 0.324. The maximum atomic E-state index is 5.45. The predicted molar refractivity (Wildman–Crippen MR) is 50.9 cm³/mol. The zero-order valence-electron chi connectivity index (χ0n) is 8.02. The van der Waals surface area contributed by atoms with Gasteiger partial charge < -0.3 is 4.43 Å². The lowest BCUT2D eigenvalue weighted by Gasteiger charge is -2.03. The van der Waals surface area contributed by atoms with Crippen molar-refractivity contribution in [2.24, 2.45) is 5.92 Å². The Morgan fingerprint density at radius 2 is 2.09 bits per heavy atom. The minimum atomic E-state index is 0.735. The first kappa shape index (κ1) is 11.2. The van der Waals surface area contributed by atoms with Gasteiger partial charge in [0, 0.05) is 6.61 Å². The molecule has 2 heteroatoms. The van der Waals surface area contributed by atoms with Crippen molar-refractivity contribution >= 4 is 9.76 Å². The largest absolute Gasteiger partial charge is 0.417 e. The van der Waals surface area contributed by atoms with Crippen LogP contribution in [0.4, 0.5) is 0 Å². The Labute approximate surface area is 73.5 Å². The molecule has 0 saturated heterocycles. The molecule has 0 aliphatic heterocycles. The summed E-state index contributed by atoms with van der Waals surface area (Å²) in [6.07, 6.45) is 3.77. The van der Waals surface area contributed by atoms with Crippen molar-refractivity contribution in [2.45, 2.75) is 46.1 Å². The molecule has 0 unspecified atom stereocenters. The second-order valence-corrected chi connectivity index (χ2v) is 4.36. The van der Waals surface area contributed by atoms with Crippen LogP contribution in [0.25, 0.3) is 0 Å². The van der Waals surface area contributed by atoms with Crippen LogP contribution in [0.15, 0.2) is 0 Å². The molecule has 0 aliphatic carbocycles. The SMILES string of the molecule is CCCCO[Si]CCC(C)C. The predicted octanol–water partition coefficient (Wildman–Crippen LogP) is 2.89. The van der Waals surface area contributed by atoms with E-state index >= 15 is 0 Å². The van der Waals surface area contributed by atoms with E-state index in [9.17, 15) is 0 Å². The van der Waals surface area contributed by atoms with Crippen LogP contribution >= 0.6 is 0 Å². The maximum absolute atomic E-state index is 5.45. The molecule has 11 heavy (non-hydrogen) atoms. The van der Waals surface area contributed by atoms with Gasteiger partial charge in [0.05, 0.1) is 0 Å². The Bertz CT molecular complexity index is 74.0. The Morgan fingerprint density at radius 1 is 1.36 bits per heavy atom. The first-order chi connectivity index (χ1) is 5.27. The van der Waals surface area contributed by atoms with Gasteiger partial charge in [0.15, 0.2) is 0 Å². The molecule has 0 amide bonds. The summed E-state index contributed by atoms with van der Waals surface area (Å²) in [4.78, 5) is 0. The van der Waals surface area contributed by atoms with Gasteiger partial charge in [-0.15, -0.1) is 0 Å². The van der Waals surface area contributed by atoms with Gasteiger partial charge in [-0.25, -0.2) is 0 Å². The highest BCUT2D eigenvalue weighted by Crippen LogP contribution is 2.03. The highest BCUT2D eigenvalue weighted by molar-refractivity contribution is 6.26. The molecule has 0 spiro atoms. The third kappa shape index (κ3) is 10.2. The van der Waals surface area contributed by atoms with Crippen LogP contribution in [-0.4, -0.2) is 16.4 Å². The van der Waals surface area contributed by atoms with E-state index in [1.165, 1.54) is 25.3 Å². The molecule has 0 aromatic rings. The van der Waals surface area contributed by atoms with Crippen molar-refractivity contribution in [3.63, 3.8) is 0 Å². The molecular formula is C9H20OSi. The molecule has 0 aromatic carbocycles. The van der Waals surface area contributed by atoms with Crippen LogP contribution in [-0.2, 0) is 4.43 Å². The third-order valence-corrected chi connectivity index (χ3v) is 2.43. The minimum absolute atomic E-state index is 0.735. The van der Waals surface area contributed by atoms with Gasteiger partial charge in [-0.05, 0) is 18.4 Å². The second kappa shape index (κ2) is 8.28. The quantitative estimate of drug-likeness (QED) is 0.424. The van der Waals surface area contributed by atoms with Gasteiger partial charge in [-0.3, -0.25) is 0 Å². The number of hydrogen-bond acceptors (Lipinski definition) is 1. The van der Waals surface area contributed by atoms with Crippen LogP contribution in [0.5, 0.6) is 0 Å². The summed E-state index contributed by atoms with van der Waals surface area (Å²) in [5, 5.41) is 0. The summed E-state index contributed by atoms with van der Waals surface area (Å²) >= 11 is 0. The van der Waals surface area contributed by atoms with Gasteiger partial charge in [0.1, 0.15) is 0 Å². The molecule has 0 aliphatic rings. The van der Waals surface area contributed by atoms with E-state index in [1.807, 2.05) is 0 Å². The first-order valence-corrected chi connectivity index (χ1v) is 5.73. The van der Waals surface area contributed by atoms with Gasteiger partial charge in [-0.1, -0.05) is 33.6 Å².